The molecule has 0 saturated heterocycles. The van der Waals surface area contributed by atoms with Gasteiger partial charge in [0, 0.05) is 12.6 Å². The normalized spacial score (nSPS) is 11.6. The van der Waals surface area contributed by atoms with Crippen LogP contribution >= 0.6 is 34.4 Å². The number of aliphatic carboxylic acids is 1. The molecule has 0 aliphatic heterocycles. The second-order valence-corrected chi connectivity index (χ2v) is 6.45. The van der Waals surface area contributed by atoms with Gasteiger partial charge in [0.05, 0.1) is 20.4 Å². The second kappa shape index (κ2) is 7.26. The van der Waals surface area contributed by atoms with Gasteiger partial charge in [-0.1, -0.05) is 23.9 Å². The standard InChI is InChI=1S/C14H14FIN2O2S/c1-2-3-4-5-18-12-6-9(15)10(16)7-11(12)17-14(18)21-8-13(19)20/h2-3,6-7H,4-5,8H2,1H3,(H,19,20)/b3-2+. The van der Waals surface area contributed by atoms with Crippen molar-refractivity contribution in [2.75, 3.05) is 5.75 Å². The highest BCUT2D eigenvalue weighted by Crippen LogP contribution is 2.27. The molecule has 112 valence electrons. The van der Waals surface area contributed by atoms with Crippen molar-refractivity contribution in [3.63, 3.8) is 0 Å². The van der Waals surface area contributed by atoms with E-state index in [0.717, 1.165) is 18.2 Å². The zero-order valence-electron chi connectivity index (χ0n) is 11.3. The van der Waals surface area contributed by atoms with Gasteiger partial charge in [0.1, 0.15) is 5.82 Å². The van der Waals surface area contributed by atoms with Crippen LogP contribution in [0.25, 0.3) is 11.0 Å². The minimum absolute atomic E-state index is 0.0630. The Morgan fingerprint density at radius 2 is 2.33 bits per heavy atom. The number of carbonyl (C=O) groups is 1. The molecule has 7 heteroatoms. The molecule has 0 atom stereocenters. The van der Waals surface area contributed by atoms with Gasteiger partial charge in [-0.25, -0.2) is 9.37 Å². The van der Waals surface area contributed by atoms with E-state index in [1.807, 2.05) is 46.2 Å². The van der Waals surface area contributed by atoms with Gasteiger partial charge in [0.15, 0.2) is 5.16 Å². The van der Waals surface area contributed by atoms with Crippen LogP contribution in [-0.4, -0.2) is 26.4 Å². The van der Waals surface area contributed by atoms with Crippen molar-refractivity contribution in [3.8, 4) is 0 Å². The Morgan fingerprint density at radius 3 is 3.00 bits per heavy atom. The highest BCUT2D eigenvalue weighted by atomic mass is 127. The molecule has 2 aromatic rings. The molecule has 0 radical (unpaired) electrons. The van der Waals surface area contributed by atoms with Crippen molar-refractivity contribution in [2.45, 2.75) is 25.0 Å². The van der Waals surface area contributed by atoms with E-state index >= 15 is 0 Å². The zero-order valence-corrected chi connectivity index (χ0v) is 14.3. The van der Waals surface area contributed by atoms with E-state index in [1.165, 1.54) is 6.07 Å². The SMILES string of the molecule is C/C=C/CCn1c(SCC(=O)O)nc2cc(I)c(F)cc21. The third kappa shape index (κ3) is 3.97. The monoisotopic (exact) mass is 420 g/mol. The summed E-state index contributed by atoms with van der Waals surface area (Å²) in [6.07, 6.45) is 4.75. The predicted molar refractivity (Wildman–Crippen MR) is 90.2 cm³/mol. The van der Waals surface area contributed by atoms with Gasteiger partial charge in [-0.05, 0) is 42.0 Å². The lowest BCUT2D eigenvalue weighted by atomic mass is 10.3. The topological polar surface area (TPSA) is 55.1 Å². The molecule has 2 rings (SSSR count). The van der Waals surface area contributed by atoms with Crippen LogP contribution in [0.15, 0.2) is 29.4 Å². The molecule has 0 bridgehead atoms. The first-order valence-electron chi connectivity index (χ1n) is 6.34. The summed E-state index contributed by atoms with van der Waals surface area (Å²) in [5.41, 5.74) is 1.39. The number of fused-ring (bicyclic) bond motifs is 1. The van der Waals surface area contributed by atoms with Gasteiger partial charge >= 0.3 is 5.97 Å². The molecule has 4 nitrogen and oxygen atoms in total. The Morgan fingerprint density at radius 1 is 1.57 bits per heavy atom. The molecule has 1 heterocycles. The number of benzene rings is 1. The molecule has 0 aliphatic carbocycles. The molecular weight excluding hydrogens is 406 g/mol. The molecule has 1 aromatic heterocycles. The van der Waals surface area contributed by atoms with Crippen molar-refractivity contribution in [2.24, 2.45) is 0 Å². The molecule has 1 N–H and O–H groups in total. The van der Waals surface area contributed by atoms with Gasteiger partial charge in [0.25, 0.3) is 0 Å². The summed E-state index contributed by atoms with van der Waals surface area (Å²) in [7, 11) is 0. The highest BCUT2D eigenvalue weighted by Gasteiger charge is 2.14. The lowest BCUT2D eigenvalue weighted by molar-refractivity contribution is -0.133. The number of carboxylic acid groups (broad SMARTS) is 1. The van der Waals surface area contributed by atoms with Crippen LogP contribution < -0.4 is 0 Å². The van der Waals surface area contributed by atoms with Gasteiger partial charge < -0.3 is 9.67 Å². The Labute approximate surface area is 139 Å². The van der Waals surface area contributed by atoms with Gasteiger partial charge in [-0.15, -0.1) is 0 Å². The average Bonchev–Trinajstić information content (AvgIpc) is 2.75. The number of aryl methyl sites for hydroxylation is 1. The minimum Gasteiger partial charge on any atom is -0.481 e. The number of hydrogen-bond acceptors (Lipinski definition) is 3. The highest BCUT2D eigenvalue weighted by molar-refractivity contribution is 14.1. The zero-order chi connectivity index (χ0) is 15.4. The maximum atomic E-state index is 13.8. The number of carboxylic acids is 1. The van der Waals surface area contributed by atoms with Gasteiger partial charge in [-0.2, -0.15) is 0 Å². The first-order valence-corrected chi connectivity index (χ1v) is 8.40. The number of rotatable bonds is 6. The number of nitrogens with zero attached hydrogens (tertiary/aromatic N) is 2. The number of hydrogen-bond donors (Lipinski definition) is 1. The number of halogens is 2. The minimum atomic E-state index is -0.896. The van der Waals surface area contributed by atoms with Gasteiger partial charge in [0.2, 0.25) is 0 Å². The van der Waals surface area contributed by atoms with Crippen molar-refractivity contribution >= 4 is 51.4 Å². The Hall–Kier alpha value is -1.09. The number of allylic oxidation sites excluding steroid dienone is 2. The van der Waals surface area contributed by atoms with Crippen molar-refractivity contribution in [3.05, 3.63) is 33.7 Å². The molecular formula is C14H14FIN2O2S. The first kappa shape index (κ1) is 16.3. The smallest absolute Gasteiger partial charge is 0.313 e. The first-order chi connectivity index (χ1) is 10.0. The third-order valence-corrected chi connectivity index (χ3v) is 4.62. The summed E-state index contributed by atoms with van der Waals surface area (Å²) < 4.78 is 16.2. The summed E-state index contributed by atoms with van der Waals surface area (Å²) >= 11 is 3.08. The fourth-order valence-electron chi connectivity index (χ4n) is 1.92. The number of aromatic nitrogens is 2. The van der Waals surface area contributed by atoms with Crippen LogP contribution in [-0.2, 0) is 11.3 Å². The molecule has 0 spiro atoms. The van der Waals surface area contributed by atoms with E-state index in [4.69, 9.17) is 5.11 Å². The third-order valence-electron chi connectivity index (χ3n) is 2.84. The summed E-state index contributed by atoms with van der Waals surface area (Å²) in [5, 5.41) is 9.42. The van der Waals surface area contributed by atoms with E-state index in [9.17, 15) is 9.18 Å². The lowest BCUT2D eigenvalue weighted by Crippen LogP contribution is -2.03. The van der Waals surface area contributed by atoms with E-state index < -0.39 is 5.97 Å². The lowest BCUT2D eigenvalue weighted by Gasteiger charge is -2.06. The van der Waals surface area contributed by atoms with Crippen LogP contribution in [0.2, 0.25) is 0 Å². The van der Waals surface area contributed by atoms with E-state index in [2.05, 4.69) is 4.98 Å². The summed E-state index contributed by atoms with van der Waals surface area (Å²) in [5.74, 6) is -1.25. The number of thioether (sulfide) groups is 1. The molecule has 21 heavy (non-hydrogen) atoms. The molecule has 0 aliphatic rings. The Bertz CT molecular complexity index is 700. The average molecular weight is 420 g/mol. The van der Waals surface area contributed by atoms with E-state index in [-0.39, 0.29) is 11.6 Å². The van der Waals surface area contributed by atoms with Crippen molar-refractivity contribution in [1.82, 2.24) is 9.55 Å². The van der Waals surface area contributed by atoms with Crippen LogP contribution in [0.4, 0.5) is 4.39 Å². The predicted octanol–water partition coefficient (Wildman–Crippen LogP) is 3.92. The van der Waals surface area contributed by atoms with E-state index in [1.54, 1.807) is 6.07 Å². The Kier molecular flexibility index (Phi) is 5.63. The molecule has 0 fully saturated rings. The fourth-order valence-corrected chi connectivity index (χ4v) is 3.13. The quantitative estimate of drug-likeness (QED) is 0.437. The van der Waals surface area contributed by atoms with Crippen LogP contribution in [0.3, 0.4) is 0 Å². The number of imidazole rings is 1. The molecule has 0 unspecified atom stereocenters. The maximum absolute atomic E-state index is 13.8. The largest absolute Gasteiger partial charge is 0.481 e. The maximum Gasteiger partial charge on any atom is 0.313 e. The van der Waals surface area contributed by atoms with Crippen LogP contribution in [0, 0.1) is 9.39 Å². The van der Waals surface area contributed by atoms with Crippen molar-refractivity contribution in [1.29, 1.82) is 0 Å². The van der Waals surface area contributed by atoms with E-state index in [0.29, 0.717) is 26.3 Å². The second-order valence-electron chi connectivity index (χ2n) is 4.34. The van der Waals surface area contributed by atoms with Crippen LogP contribution in [0.1, 0.15) is 13.3 Å². The van der Waals surface area contributed by atoms with Crippen LogP contribution in [0.5, 0.6) is 0 Å². The van der Waals surface area contributed by atoms with Gasteiger partial charge in [-0.3, -0.25) is 4.79 Å². The Balaban J connectivity index is 2.43. The molecule has 0 amide bonds. The summed E-state index contributed by atoms with van der Waals surface area (Å²) in [4.78, 5) is 15.2. The summed E-state index contributed by atoms with van der Waals surface area (Å²) in [6.45, 7) is 2.58. The fraction of sp³-hybridized carbons (Fsp3) is 0.286. The summed E-state index contributed by atoms with van der Waals surface area (Å²) in [6, 6.07) is 3.15. The van der Waals surface area contributed by atoms with Crippen molar-refractivity contribution < 1.29 is 14.3 Å². The molecule has 1 aromatic carbocycles. The molecule has 0 saturated carbocycles.